The van der Waals surface area contributed by atoms with Crippen molar-refractivity contribution >= 4 is 35.5 Å². The van der Waals surface area contributed by atoms with Gasteiger partial charge in [0.15, 0.2) is 0 Å². The van der Waals surface area contributed by atoms with Crippen LogP contribution in [0, 0.1) is 0 Å². The molecule has 1 atom stereocenters. The van der Waals surface area contributed by atoms with Gasteiger partial charge in [-0.1, -0.05) is 18.5 Å². The van der Waals surface area contributed by atoms with E-state index >= 15 is 0 Å². The molecule has 8 nitrogen and oxygen atoms in total. The number of aliphatic imine (C=N–C) groups is 2. The number of hydrogen-bond donors (Lipinski definition) is 1. The highest BCUT2D eigenvalue weighted by atomic mass is 35.5. The minimum atomic E-state index is -0.135. The molecule has 1 saturated heterocycles. The molecule has 154 valence electrons. The Kier molecular flexibility index (Phi) is 5.62. The van der Waals surface area contributed by atoms with E-state index in [1.54, 1.807) is 30.2 Å². The molecule has 9 heteroatoms. The number of benzene rings is 1. The molecule has 3 aliphatic heterocycles. The van der Waals surface area contributed by atoms with Crippen LogP contribution < -0.4 is 10.1 Å². The monoisotopic (exact) mass is 416 g/mol. The van der Waals surface area contributed by atoms with E-state index in [1.807, 2.05) is 12.4 Å². The molecule has 29 heavy (non-hydrogen) atoms. The van der Waals surface area contributed by atoms with Gasteiger partial charge in [-0.05, 0) is 24.6 Å². The van der Waals surface area contributed by atoms with E-state index < -0.39 is 0 Å². The number of piperazine rings is 1. The molecular weight excluding hydrogens is 392 g/mol. The third-order valence-corrected chi connectivity index (χ3v) is 5.66. The second-order valence-corrected chi connectivity index (χ2v) is 7.61. The number of carbonyl (C=O) groups is 1. The van der Waals surface area contributed by atoms with Crippen molar-refractivity contribution in [2.75, 3.05) is 45.2 Å². The van der Waals surface area contributed by atoms with Gasteiger partial charge in [-0.3, -0.25) is 4.99 Å². The number of fused-ring (bicyclic) bond motifs is 1. The number of nitrogens with one attached hydrogen (secondary N) is 1. The largest absolute Gasteiger partial charge is 0.495 e. The molecule has 1 unspecified atom stereocenters. The van der Waals surface area contributed by atoms with Gasteiger partial charge in [0.25, 0.3) is 0 Å². The van der Waals surface area contributed by atoms with Crippen LogP contribution in [0.25, 0.3) is 0 Å². The van der Waals surface area contributed by atoms with Gasteiger partial charge in [0.05, 0.1) is 24.5 Å². The van der Waals surface area contributed by atoms with Crippen molar-refractivity contribution in [3.63, 3.8) is 0 Å². The molecule has 1 aromatic carbocycles. The SMILES string of the molecule is CCC1CN2C=NC(N3CCN(C(=O)Nc4ccc(OC)c(Cl)c4)CC3)=CC2=N1. The number of ether oxygens (including phenoxy) is 1. The fraction of sp³-hybridized carbons (Fsp3) is 0.450. The van der Waals surface area contributed by atoms with Crippen LogP contribution in [0.1, 0.15) is 13.3 Å². The maximum Gasteiger partial charge on any atom is 0.321 e. The van der Waals surface area contributed by atoms with E-state index in [0.717, 1.165) is 37.7 Å². The summed E-state index contributed by atoms with van der Waals surface area (Å²) in [5.74, 6) is 2.48. The predicted octanol–water partition coefficient (Wildman–Crippen LogP) is 2.87. The quantitative estimate of drug-likeness (QED) is 0.819. The fourth-order valence-corrected chi connectivity index (χ4v) is 3.87. The van der Waals surface area contributed by atoms with Crippen LogP contribution in [0.3, 0.4) is 0 Å². The molecule has 3 aliphatic rings. The number of amides is 2. The molecule has 0 aromatic heterocycles. The fourth-order valence-electron chi connectivity index (χ4n) is 3.61. The highest BCUT2D eigenvalue weighted by molar-refractivity contribution is 6.32. The van der Waals surface area contributed by atoms with Crippen LogP contribution in [0.4, 0.5) is 10.5 Å². The zero-order valence-corrected chi connectivity index (χ0v) is 17.4. The highest BCUT2D eigenvalue weighted by Crippen LogP contribution is 2.27. The van der Waals surface area contributed by atoms with E-state index in [-0.39, 0.29) is 6.03 Å². The van der Waals surface area contributed by atoms with E-state index in [0.29, 0.717) is 35.6 Å². The van der Waals surface area contributed by atoms with Crippen molar-refractivity contribution in [2.24, 2.45) is 9.98 Å². The molecule has 1 aromatic rings. The Morgan fingerprint density at radius 1 is 1.31 bits per heavy atom. The van der Waals surface area contributed by atoms with Gasteiger partial charge >= 0.3 is 6.03 Å². The van der Waals surface area contributed by atoms with Crippen molar-refractivity contribution in [1.29, 1.82) is 0 Å². The van der Waals surface area contributed by atoms with Crippen molar-refractivity contribution < 1.29 is 9.53 Å². The molecule has 0 aliphatic carbocycles. The van der Waals surface area contributed by atoms with E-state index in [2.05, 4.69) is 27.0 Å². The van der Waals surface area contributed by atoms with Crippen molar-refractivity contribution in [3.05, 3.63) is 35.1 Å². The van der Waals surface area contributed by atoms with Gasteiger partial charge in [-0.15, -0.1) is 0 Å². The first-order valence-electron chi connectivity index (χ1n) is 9.82. The van der Waals surface area contributed by atoms with Gasteiger partial charge < -0.3 is 24.8 Å². The molecular formula is C20H25ClN6O2. The number of anilines is 1. The first-order chi connectivity index (χ1) is 14.1. The summed E-state index contributed by atoms with van der Waals surface area (Å²) in [5, 5.41) is 3.36. The third kappa shape index (κ3) is 4.17. The Bertz CT molecular complexity index is 876. The van der Waals surface area contributed by atoms with E-state index in [9.17, 15) is 4.79 Å². The summed E-state index contributed by atoms with van der Waals surface area (Å²) in [7, 11) is 1.56. The molecule has 3 heterocycles. The van der Waals surface area contributed by atoms with E-state index in [1.165, 1.54) is 0 Å². The lowest BCUT2D eigenvalue weighted by Crippen LogP contribution is -2.49. The summed E-state index contributed by atoms with van der Waals surface area (Å²) in [4.78, 5) is 28.0. The van der Waals surface area contributed by atoms with Crippen LogP contribution in [-0.2, 0) is 0 Å². The summed E-state index contributed by atoms with van der Waals surface area (Å²) in [5.41, 5.74) is 0.646. The zero-order valence-electron chi connectivity index (χ0n) is 16.6. The molecule has 2 amide bonds. The van der Waals surface area contributed by atoms with Crippen molar-refractivity contribution in [1.82, 2.24) is 14.7 Å². The summed E-state index contributed by atoms with van der Waals surface area (Å²) >= 11 is 6.13. The average Bonchev–Trinajstić information content (AvgIpc) is 3.16. The van der Waals surface area contributed by atoms with Crippen LogP contribution in [0.2, 0.25) is 5.02 Å². The molecule has 4 rings (SSSR count). The standard InChI is InChI=1S/C20H25ClN6O2/c1-3-14-12-27-13-22-18(11-19(27)23-14)25-6-8-26(9-7-25)20(28)24-15-4-5-17(29-2)16(21)10-15/h4-5,10-11,13-14H,3,6-9,12H2,1-2H3,(H,24,28). The first kappa shape index (κ1) is 19.6. The lowest BCUT2D eigenvalue weighted by molar-refractivity contribution is 0.167. The first-order valence-corrected chi connectivity index (χ1v) is 10.2. The molecule has 1 N–H and O–H groups in total. The lowest BCUT2D eigenvalue weighted by Gasteiger charge is -2.36. The summed E-state index contributed by atoms with van der Waals surface area (Å²) in [6, 6.07) is 5.41. The number of carbonyl (C=O) groups excluding carboxylic acids is 1. The Morgan fingerprint density at radius 2 is 2.10 bits per heavy atom. The number of hydrogen-bond acceptors (Lipinski definition) is 6. The molecule has 1 fully saturated rings. The Labute approximate surface area is 175 Å². The van der Waals surface area contributed by atoms with Gasteiger partial charge in [0, 0.05) is 44.5 Å². The third-order valence-electron chi connectivity index (χ3n) is 5.37. The summed E-state index contributed by atoms with van der Waals surface area (Å²) < 4.78 is 5.14. The number of urea groups is 1. The minimum absolute atomic E-state index is 0.135. The number of amidine groups is 1. The smallest absolute Gasteiger partial charge is 0.321 e. The molecule has 0 radical (unpaired) electrons. The summed E-state index contributed by atoms with van der Waals surface area (Å²) in [6.07, 6.45) is 4.95. The minimum Gasteiger partial charge on any atom is -0.495 e. The van der Waals surface area contributed by atoms with Crippen molar-refractivity contribution in [2.45, 2.75) is 19.4 Å². The number of rotatable bonds is 4. The number of nitrogens with zero attached hydrogens (tertiary/aromatic N) is 5. The predicted molar refractivity (Wildman–Crippen MR) is 115 cm³/mol. The average molecular weight is 417 g/mol. The topological polar surface area (TPSA) is 72.8 Å². The van der Waals surface area contributed by atoms with Gasteiger partial charge in [0.2, 0.25) is 0 Å². The molecule has 0 saturated carbocycles. The van der Waals surface area contributed by atoms with Gasteiger partial charge in [0.1, 0.15) is 17.4 Å². The maximum absolute atomic E-state index is 12.6. The van der Waals surface area contributed by atoms with Gasteiger partial charge in [-0.25, -0.2) is 9.79 Å². The van der Waals surface area contributed by atoms with Crippen molar-refractivity contribution in [3.8, 4) is 5.75 Å². The lowest BCUT2D eigenvalue weighted by atomic mass is 10.2. The molecule has 0 spiro atoms. The summed E-state index contributed by atoms with van der Waals surface area (Å²) in [6.45, 7) is 5.75. The molecule has 0 bridgehead atoms. The highest BCUT2D eigenvalue weighted by Gasteiger charge is 2.28. The van der Waals surface area contributed by atoms with Crippen LogP contribution in [0.5, 0.6) is 5.75 Å². The second kappa shape index (κ2) is 8.32. The van der Waals surface area contributed by atoms with Crippen LogP contribution in [0.15, 0.2) is 40.1 Å². The Hall–Kier alpha value is -2.74. The normalized spacial score (nSPS) is 20.9. The van der Waals surface area contributed by atoms with Gasteiger partial charge in [-0.2, -0.15) is 0 Å². The van der Waals surface area contributed by atoms with E-state index in [4.69, 9.17) is 21.3 Å². The number of halogens is 1. The maximum atomic E-state index is 12.6. The number of methoxy groups -OCH3 is 1. The van der Waals surface area contributed by atoms with Crippen LogP contribution in [-0.4, -0.2) is 78.8 Å². The van der Waals surface area contributed by atoms with Crippen LogP contribution >= 0.6 is 11.6 Å². The Balaban J connectivity index is 1.33. The zero-order chi connectivity index (χ0) is 20.4. The second-order valence-electron chi connectivity index (χ2n) is 7.20. The Morgan fingerprint density at radius 3 is 2.79 bits per heavy atom.